The average molecular weight is 132 g/mol. The average Bonchev–Trinajstić information content (AvgIpc) is 2.13. The smallest absolute Gasteiger partial charge is 0.128 e. The Hall–Kier alpha value is -0.110. The Morgan fingerprint density at radius 3 is 2.56 bits per heavy atom. The fraction of sp³-hybridized carbons (Fsp3) is 1.00. The number of ether oxygens (including phenoxy) is 1. The van der Waals surface area contributed by atoms with Gasteiger partial charge in [0.05, 0.1) is 12.2 Å². The Balaban J connectivity index is 2.35. The van der Waals surface area contributed by atoms with E-state index in [4.69, 9.17) is 4.74 Å². The molecular weight excluding hydrogens is 119 g/mol. The molecule has 3 atom stereocenters. The fourth-order valence-electron chi connectivity index (χ4n) is 1.15. The number of hydrogen-bond acceptors (Lipinski definition) is 1. The molecule has 9 heavy (non-hydrogen) atoms. The van der Waals surface area contributed by atoms with Gasteiger partial charge in [0.15, 0.2) is 0 Å². The molecule has 0 saturated carbocycles. The van der Waals surface area contributed by atoms with E-state index in [1.165, 1.54) is 0 Å². The van der Waals surface area contributed by atoms with Crippen molar-refractivity contribution in [2.45, 2.75) is 45.1 Å². The summed E-state index contributed by atoms with van der Waals surface area (Å²) >= 11 is 0. The summed E-state index contributed by atoms with van der Waals surface area (Å²) in [7, 11) is 0. The third-order valence-corrected chi connectivity index (χ3v) is 1.86. The maximum atomic E-state index is 12.6. The van der Waals surface area contributed by atoms with Gasteiger partial charge >= 0.3 is 0 Å². The van der Waals surface area contributed by atoms with Crippen LogP contribution < -0.4 is 0 Å². The SMILES string of the molecule is CCC1C[C@@H](F)[C@H](C)O1. The quantitative estimate of drug-likeness (QED) is 0.529. The zero-order chi connectivity index (χ0) is 6.85. The summed E-state index contributed by atoms with van der Waals surface area (Å²) in [5.74, 6) is 0. The van der Waals surface area contributed by atoms with Gasteiger partial charge in [-0.25, -0.2) is 4.39 Å². The van der Waals surface area contributed by atoms with Crippen molar-refractivity contribution in [2.24, 2.45) is 0 Å². The Morgan fingerprint density at radius 1 is 1.67 bits per heavy atom. The first-order valence-corrected chi connectivity index (χ1v) is 3.53. The normalized spacial score (nSPS) is 43.7. The third-order valence-electron chi connectivity index (χ3n) is 1.86. The molecule has 0 radical (unpaired) electrons. The Bertz CT molecular complexity index is 84.9. The number of rotatable bonds is 1. The molecule has 1 aliphatic rings. The van der Waals surface area contributed by atoms with Gasteiger partial charge in [-0.1, -0.05) is 6.92 Å². The highest BCUT2D eigenvalue weighted by atomic mass is 19.1. The van der Waals surface area contributed by atoms with Crippen LogP contribution in [0, 0.1) is 0 Å². The molecule has 0 N–H and O–H groups in total. The molecule has 0 amide bonds. The molecule has 0 aromatic heterocycles. The summed E-state index contributed by atoms with van der Waals surface area (Å²) in [6.07, 6.45) is 0.808. The van der Waals surface area contributed by atoms with Gasteiger partial charge in [0.1, 0.15) is 6.17 Å². The molecule has 0 spiro atoms. The van der Waals surface area contributed by atoms with Crippen molar-refractivity contribution in [1.82, 2.24) is 0 Å². The lowest BCUT2D eigenvalue weighted by Gasteiger charge is -2.05. The van der Waals surface area contributed by atoms with Gasteiger partial charge in [-0.15, -0.1) is 0 Å². The van der Waals surface area contributed by atoms with E-state index in [0.717, 1.165) is 6.42 Å². The van der Waals surface area contributed by atoms with Gasteiger partial charge in [0, 0.05) is 6.42 Å². The van der Waals surface area contributed by atoms with Crippen molar-refractivity contribution in [3.05, 3.63) is 0 Å². The van der Waals surface area contributed by atoms with Crippen LogP contribution >= 0.6 is 0 Å². The van der Waals surface area contributed by atoms with Crippen LogP contribution in [-0.4, -0.2) is 18.4 Å². The first-order chi connectivity index (χ1) is 4.24. The van der Waals surface area contributed by atoms with Gasteiger partial charge in [-0.3, -0.25) is 0 Å². The van der Waals surface area contributed by atoms with Gasteiger partial charge < -0.3 is 4.74 Å². The standard InChI is InChI=1S/C7H13FO/c1-3-6-4-7(8)5(2)9-6/h5-7H,3-4H2,1-2H3/t5-,6?,7+/m0/s1. The van der Waals surface area contributed by atoms with Gasteiger partial charge in [0.2, 0.25) is 0 Å². The molecule has 1 unspecified atom stereocenters. The van der Waals surface area contributed by atoms with Crippen molar-refractivity contribution in [2.75, 3.05) is 0 Å². The maximum Gasteiger partial charge on any atom is 0.128 e. The summed E-state index contributed by atoms with van der Waals surface area (Å²) < 4.78 is 17.9. The molecule has 1 fully saturated rings. The molecule has 54 valence electrons. The second kappa shape index (κ2) is 2.65. The van der Waals surface area contributed by atoms with Crippen LogP contribution in [0.5, 0.6) is 0 Å². The fourth-order valence-corrected chi connectivity index (χ4v) is 1.15. The van der Waals surface area contributed by atoms with E-state index in [2.05, 4.69) is 0 Å². The van der Waals surface area contributed by atoms with Crippen LogP contribution in [0.4, 0.5) is 4.39 Å². The molecule has 2 heteroatoms. The minimum absolute atomic E-state index is 0.171. The molecule has 1 heterocycles. The summed E-state index contributed by atoms with van der Waals surface area (Å²) in [5, 5.41) is 0. The lowest BCUT2D eigenvalue weighted by Crippen LogP contribution is -2.10. The molecule has 1 nitrogen and oxygen atoms in total. The minimum atomic E-state index is -0.727. The van der Waals surface area contributed by atoms with Crippen LogP contribution in [-0.2, 0) is 4.74 Å². The molecule has 1 rings (SSSR count). The van der Waals surface area contributed by atoms with E-state index >= 15 is 0 Å². The predicted octanol–water partition coefficient (Wildman–Crippen LogP) is 1.91. The lowest BCUT2D eigenvalue weighted by atomic mass is 10.1. The second-order valence-electron chi connectivity index (χ2n) is 2.62. The van der Waals surface area contributed by atoms with Crippen molar-refractivity contribution in [3.8, 4) is 0 Å². The molecule has 0 aromatic rings. The molecule has 0 aromatic carbocycles. The van der Waals surface area contributed by atoms with E-state index < -0.39 is 6.17 Å². The minimum Gasteiger partial charge on any atom is -0.372 e. The summed E-state index contributed by atoms with van der Waals surface area (Å²) in [6, 6.07) is 0. The Morgan fingerprint density at radius 2 is 2.33 bits per heavy atom. The third kappa shape index (κ3) is 1.42. The number of halogens is 1. The van der Waals surface area contributed by atoms with Crippen molar-refractivity contribution < 1.29 is 9.13 Å². The van der Waals surface area contributed by atoms with Crippen LogP contribution in [0.3, 0.4) is 0 Å². The van der Waals surface area contributed by atoms with Crippen LogP contribution in [0.2, 0.25) is 0 Å². The highest BCUT2D eigenvalue weighted by Gasteiger charge is 2.30. The highest BCUT2D eigenvalue weighted by Crippen LogP contribution is 2.24. The van der Waals surface area contributed by atoms with E-state index in [0.29, 0.717) is 6.42 Å². The number of hydrogen-bond donors (Lipinski definition) is 0. The van der Waals surface area contributed by atoms with E-state index in [-0.39, 0.29) is 12.2 Å². The Labute approximate surface area is 55.2 Å². The lowest BCUT2D eigenvalue weighted by molar-refractivity contribution is 0.0389. The van der Waals surface area contributed by atoms with Crippen LogP contribution in [0.1, 0.15) is 26.7 Å². The maximum absolute atomic E-state index is 12.6. The van der Waals surface area contributed by atoms with E-state index in [1.807, 2.05) is 6.92 Å². The molecule has 1 saturated heterocycles. The van der Waals surface area contributed by atoms with E-state index in [9.17, 15) is 4.39 Å². The van der Waals surface area contributed by atoms with Gasteiger partial charge in [-0.05, 0) is 13.3 Å². The molecule has 0 bridgehead atoms. The first-order valence-electron chi connectivity index (χ1n) is 3.53. The largest absolute Gasteiger partial charge is 0.372 e. The summed E-state index contributed by atoms with van der Waals surface area (Å²) in [4.78, 5) is 0. The zero-order valence-corrected chi connectivity index (χ0v) is 5.93. The van der Waals surface area contributed by atoms with Crippen molar-refractivity contribution in [3.63, 3.8) is 0 Å². The zero-order valence-electron chi connectivity index (χ0n) is 5.93. The number of alkyl halides is 1. The first kappa shape index (κ1) is 7.00. The highest BCUT2D eigenvalue weighted by molar-refractivity contribution is 4.78. The topological polar surface area (TPSA) is 9.23 Å². The molecule has 1 aliphatic heterocycles. The Kier molecular flexibility index (Phi) is 2.06. The van der Waals surface area contributed by atoms with Crippen LogP contribution in [0.25, 0.3) is 0 Å². The summed E-state index contributed by atoms with van der Waals surface area (Å²) in [6.45, 7) is 3.82. The molecule has 0 aliphatic carbocycles. The van der Waals surface area contributed by atoms with Crippen molar-refractivity contribution >= 4 is 0 Å². The summed E-state index contributed by atoms with van der Waals surface area (Å²) in [5.41, 5.74) is 0. The van der Waals surface area contributed by atoms with Gasteiger partial charge in [-0.2, -0.15) is 0 Å². The second-order valence-corrected chi connectivity index (χ2v) is 2.62. The predicted molar refractivity (Wildman–Crippen MR) is 34.1 cm³/mol. The monoisotopic (exact) mass is 132 g/mol. The van der Waals surface area contributed by atoms with E-state index in [1.54, 1.807) is 6.92 Å². The molecular formula is C7H13FO. The van der Waals surface area contributed by atoms with Crippen molar-refractivity contribution in [1.29, 1.82) is 0 Å². The van der Waals surface area contributed by atoms with Crippen LogP contribution in [0.15, 0.2) is 0 Å². The van der Waals surface area contributed by atoms with Gasteiger partial charge in [0.25, 0.3) is 0 Å².